The summed E-state index contributed by atoms with van der Waals surface area (Å²) in [5, 5.41) is 2.92. The minimum absolute atomic E-state index is 0.0468. The second-order valence-electron chi connectivity index (χ2n) is 4.97. The highest BCUT2D eigenvalue weighted by atomic mass is 16.2. The number of hydrogen-bond acceptors (Lipinski definition) is 3. The summed E-state index contributed by atoms with van der Waals surface area (Å²) in [6.07, 6.45) is 0. The van der Waals surface area contributed by atoms with Gasteiger partial charge in [-0.2, -0.15) is 0 Å². The van der Waals surface area contributed by atoms with Gasteiger partial charge in [0, 0.05) is 23.6 Å². The van der Waals surface area contributed by atoms with E-state index in [1.807, 2.05) is 61.2 Å². The van der Waals surface area contributed by atoms with Crippen molar-refractivity contribution < 1.29 is 4.79 Å². The number of para-hydroxylation sites is 1. The zero-order valence-electron chi connectivity index (χ0n) is 12.5. The number of carbonyl (C=O) groups is 1. The Bertz CT molecular complexity index is 611. The van der Waals surface area contributed by atoms with E-state index in [1.54, 1.807) is 6.07 Å². The van der Waals surface area contributed by atoms with Gasteiger partial charge in [0.25, 0.3) is 0 Å². The van der Waals surface area contributed by atoms with Crippen LogP contribution in [-0.2, 0) is 4.79 Å². The lowest BCUT2D eigenvalue weighted by Crippen LogP contribution is -2.33. The van der Waals surface area contributed by atoms with Crippen LogP contribution in [0.25, 0.3) is 0 Å². The largest absolute Gasteiger partial charge is 0.399 e. The normalized spacial score (nSPS) is 10.2. The Morgan fingerprint density at radius 3 is 2.57 bits per heavy atom. The highest BCUT2D eigenvalue weighted by molar-refractivity contribution is 5.95. The van der Waals surface area contributed by atoms with Gasteiger partial charge in [-0.3, -0.25) is 4.79 Å². The van der Waals surface area contributed by atoms with Crippen molar-refractivity contribution in [3.8, 4) is 0 Å². The number of likely N-dealkylation sites (N-methyl/N-ethyl adjacent to an activating group) is 1. The smallest absolute Gasteiger partial charge is 0.243 e. The molecule has 3 N–H and O–H groups in total. The van der Waals surface area contributed by atoms with Crippen molar-refractivity contribution in [2.24, 2.45) is 0 Å². The molecule has 4 nitrogen and oxygen atoms in total. The molecule has 2 rings (SSSR count). The van der Waals surface area contributed by atoms with Gasteiger partial charge in [-0.1, -0.05) is 24.3 Å². The van der Waals surface area contributed by atoms with Crippen molar-refractivity contribution in [3.05, 3.63) is 54.1 Å². The molecule has 4 heteroatoms. The minimum Gasteiger partial charge on any atom is -0.399 e. The Hall–Kier alpha value is -2.49. The molecule has 0 atom stereocenters. The molecular formula is C17H21N3O. The lowest BCUT2D eigenvalue weighted by molar-refractivity contribution is -0.115. The van der Waals surface area contributed by atoms with Crippen molar-refractivity contribution in [2.45, 2.75) is 13.8 Å². The van der Waals surface area contributed by atoms with Crippen molar-refractivity contribution in [1.29, 1.82) is 0 Å². The number of benzene rings is 2. The zero-order chi connectivity index (χ0) is 15.2. The molecule has 0 fully saturated rings. The number of anilines is 3. The second kappa shape index (κ2) is 6.79. The molecule has 0 aliphatic heterocycles. The van der Waals surface area contributed by atoms with Crippen LogP contribution in [0.5, 0.6) is 0 Å². The Balaban J connectivity index is 2.05. The molecule has 0 aromatic heterocycles. The predicted octanol–water partition coefficient (Wildman–Crippen LogP) is 3.04. The fourth-order valence-corrected chi connectivity index (χ4v) is 2.16. The van der Waals surface area contributed by atoms with E-state index in [0.29, 0.717) is 12.2 Å². The highest BCUT2D eigenvalue weighted by Gasteiger charge is 2.11. The number of rotatable bonds is 5. The standard InChI is InChI=1S/C17H21N3O/c1-3-20(15-7-5-4-6-8-15)12-17(21)19-16-11-14(18)10-9-13(16)2/h4-11H,3,12,18H2,1-2H3,(H,19,21). The van der Waals surface area contributed by atoms with Crippen LogP contribution < -0.4 is 16.0 Å². The van der Waals surface area contributed by atoms with E-state index in [0.717, 1.165) is 23.5 Å². The van der Waals surface area contributed by atoms with Gasteiger partial charge in [0.15, 0.2) is 0 Å². The van der Waals surface area contributed by atoms with Gasteiger partial charge in [0.2, 0.25) is 5.91 Å². The summed E-state index contributed by atoms with van der Waals surface area (Å²) in [6.45, 7) is 5.07. The molecule has 0 saturated carbocycles. The third-order valence-corrected chi connectivity index (χ3v) is 3.37. The molecule has 0 aliphatic rings. The molecule has 0 aliphatic carbocycles. The number of nitrogen functional groups attached to an aromatic ring is 1. The summed E-state index contributed by atoms with van der Waals surface area (Å²) in [7, 11) is 0. The molecular weight excluding hydrogens is 262 g/mol. The Morgan fingerprint density at radius 2 is 1.90 bits per heavy atom. The molecule has 1 amide bonds. The molecule has 2 aromatic carbocycles. The summed E-state index contributed by atoms with van der Waals surface area (Å²) in [5.41, 5.74) is 9.21. The third-order valence-electron chi connectivity index (χ3n) is 3.37. The van der Waals surface area contributed by atoms with Gasteiger partial charge in [-0.15, -0.1) is 0 Å². The van der Waals surface area contributed by atoms with Gasteiger partial charge >= 0.3 is 0 Å². The van der Waals surface area contributed by atoms with Crippen LogP contribution >= 0.6 is 0 Å². The van der Waals surface area contributed by atoms with Gasteiger partial charge in [-0.25, -0.2) is 0 Å². The molecule has 2 aromatic rings. The lowest BCUT2D eigenvalue weighted by Gasteiger charge is -2.22. The first-order chi connectivity index (χ1) is 10.1. The molecule has 0 spiro atoms. The van der Waals surface area contributed by atoms with Crippen LogP contribution in [0.15, 0.2) is 48.5 Å². The maximum Gasteiger partial charge on any atom is 0.243 e. The fourth-order valence-electron chi connectivity index (χ4n) is 2.16. The first-order valence-electron chi connectivity index (χ1n) is 7.06. The fraction of sp³-hybridized carbons (Fsp3) is 0.235. The summed E-state index contributed by atoms with van der Waals surface area (Å²) in [6, 6.07) is 15.4. The Labute approximate surface area is 125 Å². The predicted molar refractivity (Wildman–Crippen MR) is 88.6 cm³/mol. The molecule has 0 unspecified atom stereocenters. The van der Waals surface area contributed by atoms with E-state index in [1.165, 1.54) is 0 Å². The molecule has 0 bridgehead atoms. The minimum atomic E-state index is -0.0468. The second-order valence-corrected chi connectivity index (χ2v) is 4.97. The van der Waals surface area contributed by atoms with Crippen molar-refractivity contribution in [2.75, 3.05) is 29.0 Å². The molecule has 0 heterocycles. The van der Waals surface area contributed by atoms with Gasteiger partial charge in [0.05, 0.1) is 6.54 Å². The van der Waals surface area contributed by atoms with E-state index < -0.39 is 0 Å². The SMILES string of the molecule is CCN(CC(=O)Nc1cc(N)ccc1C)c1ccccc1. The third kappa shape index (κ3) is 3.99. The van der Waals surface area contributed by atoms with Gasteiger partial charge in [0.1, 0.15) is 0 Å². The number of nitrogens with two attached hydrogens (primary N) is 1. The number of amides is 1. The van der Waals surface area contributed by atoms with Crippen LogP contribution in [0.1, 0.15) is 12.5 Å². The van der Waals surface area contributed by atoms with E-state index in [9.17, 15) is 4.79 Å². The zero-order valence-corrected chi connectivity index (χ0v) is 12.5. The Kier molecular flexibility index (Phi) is 4.82. The van der Waals surface area contributed by atoms with E-state index in [2.05, 4.69) is 5.32 Å². The summed E-state index contributed by atoms with van der Waals surface area (Å²) >= 11 is 0. The van der Waals surface area contributed by atoms with Crippen LogP contribution in [0.3, 0.4) is 0 Å². The van der Waals surface area contributed by atoms with Gasteiger partial charge in [-0.05, 0) is 43.7 Å². The molecule has 0 radical (unpaired) electrons. The molecule has 21 heavy (non-hydrogen) atoms. The number of aryl methyl sites for hydroxylation is 1. The first kappa shape index (κ1) is 14.9. The quantitative estimate of drug-likeness (QED) is 0.829. The van der Waals surface area contributed by atoms with E-state index >= 15 is 0 Å². The number of hydrogen-bond donors (Lipinski definition) is 2. The lowest BCUT2D eigenvalue weighted by atomic mass is 10.2. The van der Waals surface area contributed by atoms with Crippen LogP contribution in [-0.4, -0.2) is 19.0 Å². The Morgan fingerprint density at radius 1 is 1.19 bits per heavy atom. The van der Waals surface area contributed by atoms with Crippen molar-refractivity contribution in [3.63, 3.8) is 0 Å². The van der Waals surface area contributed by atoms with Crippen molar-refractivity contribution >= 4 is 23.0 Å². The number of carbonyl (C=O) groups excluding carboxylic acids is 1. The monoisotopic (exact) mass is 283 g/mol. The maximum atomic E-state index is 12.2. The van der Waals surface area contributed by atoms with Crippen LogP contribution in [0.4, 0.5) is 17.1 Å². The average molecular weight is 283 g/mol. The summed E-state index contributed by atoms with van der Waals surface area (Å²) in [4.78, 5) is 14.2. The van der Waals surface area contributed by atoms with Gasteiger partial charge < -0.3 is 16.0 Å². The molecule has 0 saturated heterocycles. The number of nitrogens with one attached hydrogen (secondary N) is 1. The first-order valence-corrected chi connectivity index (χ1v) is 7.06. The van der Waals surface area contributed by atoms with Crippen molar-refractivity contribution in [1.82, 2.24) is 0 Å². The summed E-state index contributed by atoms with van der Waals surface area (Å²) in [5.74, 6) is -0.0468. The van der Waals surface area contributed by atoms with Crippen LogP contribution in [0, 0.1) is 6.92 Å². The topological polar surface area (TPSA) is 58.4 Å². The molecule has 110 valence electrons. The van der Waals surface area contributed by atoms with Crippen LogP contribution in [0.2, 0.25) is 0 Å². The number of nitrogens with zero attached hydrogens (tertiary/aromatic N) is 1. The van der Waals surface area contributed by atoms with E-state index in [4.69, 9.17) is 5.73 Å². The maximum absolute atomic E-state index is 12.2. The average Bonchev–Trinajstić information content (AvgIpc) is 2.49. The van der Waals surface area contributed by atoms with E-state index in [-0.39, 0.29) is 5.91 Å². The highest BCUT2D eigenvalue weighted by Crippen LogP contribution is 2.18. The summed E-state index contributed by atoms with van der Waals surface area (Å²) < 4.78 is 0.